The van der Waals surface area contributed by atoms with E-state index in [1.807, 2.05) is 6.92 Å². The maximum Gasteiger partial charge on any atom is 0.405 e. The van der Waals surface area contributed by atoms with E-state index in [1.165, 1.54) is 6.07 Å². The first-order valence-electron chi connectivity index (χ1n) is 5.53. The van der Waals surface area contributed by atoms with Crippen LogP contribution in [0.4, 0.5) is 13.2 Å². The molecule has 0 saturated carbocycles. The van der Waals surface area contributed by atoms with Gasteiger partial charge in [0.15, 0.2) is 5.92 Å². The summed E-state index contributed by atoms with van der Waals surface area (Å²) in [6.07, 6.45) is -3.49. The predicted molar refractivity (Wildman–Crippen MR) is 54.5 cm³/mol. The van der Waals surface area contributed by atoms with Crippen LogP contribution < -0.4 is 0 Å². The van der Waals surface area contributed by atoms with Crippen LogP contribution in [0, 0.1) is 29.1 Å². The molecular weight excluding hydrogens is 217 g/mol. The van der Waals surface area contributed by atoms with Crippen molar-refractivity contribution in [1.82, 2.24) is 4.90 Å². The van der Waals surface area contributed by atoms with Gasteiger partial charge in [-0.1, -0.05) is 13.8 Å². The Morgan fingerprint density at radius 1 is 1.38 bits per heavy atom. The van der Waals surface area contributed by atoms with E-state index in [-0.39, 0.29) is 6.54 Å². The lowest BCUT2D eigenvalue weighted by Crippen LogP contribution is -2.43. The average Bonchev–Trinajstić information content (AvgIpc) is 2.18. The van der Waals surface area contributed by atoms with Crippen LogP contribution in [0.3, 0.4) is 0 Å². The van der Waals surface area contributed by atoms with Gasteiger partial charge < -0.3 is 4.90 Å². The van der Waals surface area contributed by atoms with Gasteiger partial charge in [0.25, 0.3) is 0 Å². The lowest BCUT2D eigenvalue weighted by Gasteiger charge is -2.36. The van der Waals surface area contributed by atoms with Crippen LogP contribution in [-0.2, 0) is 0 Å². The van der Waals surface area contributed by atoms with Gasteiger partial charge in [0, 0.05) is 13.1 Å². The molecule has 2 nitrogen and oxygen atoms in total. The molecule has 1 saturated heterocycles. The minimum absolute atomic E-state index is 0.183. The first-order valence-corrected chi connectivity index (χ1v) is 5.53. The molecule has 0 aromatic rings. The second-order valence-corrected chi connectivity index (χ2v) is 4.73. The third-order valence-corrected chi connectivity index (χ3v) is 3.41. The number of piperidine rings is 1. The Bertz CT molecular complexity index is 269. The van der Waals surface area contributed by atoms with Crippen molar-refractivity contribution in [2.24, 2.45) is 17.8 Å². The standard InChI is InChI=1S/C11H17F3N2/c1-8-3-4-16(6-9(8)2)7-10(5-15)11(12,13)14/h8-10H,3-4,6-7H2,1-2H3. The molecule has 0 aromatic heterocycles. The van der Waals surface area contributed by atoms with E-state index < -0.39 is 12.1 Å². The molecule has 92 valence electrons. The van der Waals surface area contributed by atoms with Gasteiger partial charge >= 0.3 is 6.18 Å². The van der Waals surface area contributed by atoms with Gasteiger partial charge in [0.05, 0.1) is 6.07 Å². The second-order valence-electron chi connectivity index (χ2n) is 4.73. The summed E-state index contributed by atoms with van der Waals surface area (Å²) in [5, 5.41) is 8.51. The van der Waals surface area contributed by atoms with Crippen molar-refractivity contribution in [3.05, 3.63) is 0 Å². The van der Waals surface area contributed by atoms with Crippen LogP contribution in [0.15, 0.2) is 0 Å². The maximum atomic E-state index is 12.4. The number of alkyl halides is 3. The third-order valence-electron chi connectivity index (χ3n) is 3.41. The summed E-state index contributed by atoms with van der Waals surface area (Å²) in [5.74, 6) is -0.892. The Labute approximate surface area is 94.0 Å². The molecule has 0 amide bonds. The van der Waals surface area contributed by atoms with Gasteiger partial charge in [-0.3, -0.25) is 0 Å². The van der Waals surface area contributed by atoms with E-state index in [0.29, 0.717) is 24.9 Å². The van der Waals surface area contributed by atoms with Crippen LogP contribution in [0.5, 0.6) is 0 Å². The highest BCUT2D eigenvalue weighted by molar-refractivity contribution is 4.91. The molecular formula is C11H17F3N2. The fourth-order valence-corrected chi connectivity index (χ4v) is 1.99. The Morgan fingerprint density at radius 3 is 2.44 bits per heavy atom. The van der Waals surface area contributed by atoms with Crippen LogP contribution >= 0.6 is 0 Å². The normalized spacial score (nSPS) is 29.8. The zero-order chi connectivity index (χ0) is 12.3. The van der Waals surface area contributed by atoms with Crippen molar-refractivity contribution in [3.8, 4) is 6.07 Å². The van der Waals surface area contributed by atoms with E-state index >= 15 is 0 Å². The smallest absolute Gasteiger partial charge is 0.301 e. The predicted octanol–water partition coefficient (Wildman–Crippen LogP) is 2.67. The van der Waals surface area contributed by atoms with Crippen LogP contribution in [0.1, 0.15) is 20.3 Å². The SMILES string of the molecule is CC1CCN(CC(C#N)C(F)(F)F)CC1C. The number of hydrogen-bond donors (Lipinski definition) is 0. The molecule has 1 heterocycles. The molecule has 0 aromatic carbocycles. The minimum Gasteiger partial charge on any atom is -0.301 e. The van der Waals surface area contributed by atoms with E-state index in [9.17, 15) is 13.2 Å². The molecule has 0 bridgehead atoms. The van der Waals surface area contributed by atoms with Crippen molar-refractivity contribution < 1.29 is 13.2 Å². The summed E-state index contributed by atoms with van der Waals surface area (Å²) >= 11 is 0. The molecule has 1 aliphatic rings. The molecule has 0 radical (unpaired) electrons. The fraction of sp³-hybridized carbons (Fsp3) is 0.909. The summed E-state index contributed by atoms with van der Waals surface area (Å²) in [6.45, 7) is 5.31. The number of halogens is 3. The average molecular weight is 234 g/mol. The van der Waals surface area contributed by atoms with Crippen LogP contribution in [-0.4, -0.2) is 30.7 Å². The summed E-state index contributed by atoms with van der Waals surface area (Å²) in [4.78, 5) is 1.76. The summed E-state index contributed by atoms with van der Waals surface area (Å²) in [5.41, 5.74) is 0. The summed E-state index contributed by atoms with van der Waals surface area (Å²) in [7, 11) is 0. The van der Waals surface area contributed by atoms with Gasteiger partial charge in [0.1, 0.15) is 0 Å². The Morgan fingerprint density at radius 2 is 2.00 bits per heavy atom. The Balaban J connectivity index is 2.52. The van der Waals surface area contributed by atoms with E-state index in [1.54, 1.807) is 4.90 Å². The van der Waals surface area contributed by atoms with E-state index in [2.05, 4.69) is 6.92 Å². The summed E-state index contributed by atoms with van der Waals surface area (Å²) in [6, 6.07) is 1.35. The van der Waals surface area contributed by atoms with Crippen LogP contribution in [0.25, 0.3) is 0 Å². The number of rotatable bonds is 2. The molecule has 1 fully saturated rings. The summed E-state index contributed by atoms with van der Waals surface area (Å²) < 4.78 is 37.2. The minimum atomic E-state index is -4.40. The van der Waals surface area contributed by atoms with Gasteiger partial charge in [-0.15, -0.1) is 0 Å². The van der Waals surface area contributed by atoms with Crippen molar-refractivity contribution in [2.45, 2.75) is 26.4 Å². The molecule has 0 spiro atoms. The molecule has 3 unspecified atom stereocenters. The number of hydrogen-bond acceptors (Lipinski definition) is 2. The number of nitriles is 1. The van der Waals surface area contributed by atoms with E-state index in [4.69, 9.17) is 5.26 Å². The van der Waals surface area contributed by atoms with Gasteiger partial charge in [-0.05, 0) is 24.8 Å². The Hall–Kier alpha value is -0.760. The molecule has 3 atom stereocenters. The molecule has 0 aliphatic carbocycles. The zero-order valence-corrected chi connectivity index (χ0v) is 9.59. The zero-order valence-electron chi connectivity index (χ0n) is 9.59. The highest BCUT2D eigenvalue weighted by Gasteiger charge is 2.41. The lowest BCUT2D eigenvalue weighted by molar-refractivity contribution is -0.164. The van der Waals surface area contributed by atoms with E-state index in [0.717, 1.165) is 6.42 Å². The first-order chi connectivity index (χ1) is 7.34. The van der Waals surface area contributed by atoms with Crippen LogP contribution in [0.2, 0.25) is 0 Å². The fourth-order valence-electron chi connectivity index (χ4n) is 1.99. The van der Waals surface area contributed by atoms with Crippen molar-refractivity contribution in [3.63, 3.8) is 0 Å². The molecule has 5 heteroatoms. The van der Waals surface area contributed by atoms with Crippen molar-refractivity contribution in [2.75, 3.05) is 19.6 Å². The van der Waals surface area contributed by atoms with Crippen molar-refractivity contribution in [1.29, 1.82) is 5.26 Å². The molecule has 1 aliphatic heterocycles. The molecule has 16 heavy (non-hydrogen) atoms. The van der Waals surface area contributed by atoms with Crippen molar-refractivity contribution >= 4 is 0 Å². The molecule has 1 rings (SSSR count). The largest absolute Gasteiger partial charge is 0.405 e. The highest BCUT2D eigenvalue weighted by atomic mass is 19.4. The van der Waals surface area contributed by atoms with Gasteiger partial charge in [-0.25, -0.2) is 0 Å². The van der Waals surface area contributed by atoms with Gasteiger partial charge in [-0.2, -0.15) is 18.4 Å². The Kier molecular flexibility index (Phi) is 4.20. The second kappa shape index (κ2) is 5.05. The highest BCUT2D eigenvalue weighted by Crippen LogP contribution is 2.29. The monoisotopic (exact) mass is 234 g/mol. The quantitative estimate of drug-likeness (QED) is 0.734. The lowest BCUT2D eigenvalue weighted by atomic mass is 9.88. The van der Waals surface area contributed by atoms with Gasteiger partial charge in [0.2, 0.25) is 0 Å². The maximum absolute atomic E-state index is 12.4. The third kappa shape index (κ3) is 3.38. The number of nitrogens with zero attached hydrogens (tertiary/aromatic N) is 2. The number of likely N-dealkylation sites (tertiary alicyclic amines) is 1. The first kappa shape index (κ1) is 13.3. The molecule has 0 N–H and O–H groups in total. The topological polar surface area (TPSA) is 27.0 Å².